The van der Waals surface area contributed by atoms with E-state index in [-0.39, 0.29) is 0 Å². The first-order valence-electron chi connectivity index (χ1n) is 6.55. The summed E-state index contributed by atoms with van der Waals surface area (Å²) < 4.78 is 1.87. The summed E-state index contributed by atoms with van der Waals surface area (Å²) in [4.78, 5) is 0. The molecule has 1 aromatic rings. The van der Waals surface area contributed by atoms with E-state index in [2.05, 4.69) is 42.2 Å². The highest BCUT2D eigenvalue weighted by molar-refractivity contribution is 7.99. The maximum Gasteiger partial charge on any atom is 0.0537 e. The van der Waals surface area contributed by atoms with Crippen LogP contribution in [0.25, 0.3) is 0 Å². The molecule has 3 unspecified atom stereocenters. The number of hydrogen-bond donors (Lipinski definition) is 1. The Bertz CT molecular complexity index is 350. The highest BCUT2D eigenvalue weighted by Crippen LogP contribution is 2.30. The Labute approximate surface area is 108 Å². The molecule has 3 atom stereocenters. The molecule has 1 N–H and O–H groups in total. The van der Waals surface area contributed by atoms with Crippen LogP contribution >= 0.6 is 11.8 Å². The minimum atomic E-state index is 0.416. The fourth-order valence-electron chi connectivity index (χ4n) is 2.59. The Morgan fingerprint density at radius 1 is 1.59 bits per heavy atom. The van der Waals surface area contributed by atoms with Crippen LogP contribution < -0.4 is 5.32 Å². The summed E-state index contributed by atoms with van der Waals surface area (Å²) in [5, 5.41) is 8.83. The smallest absolute Gasteiger partial charge is 0.0537 e. The summed E-state index contributed by atoms with van der Waals surface area (Å²) in [7, 11) is 1.97. The summed E-state index contributed by atoms with van der Waals surface area (Å²) in [6.45, 7) is 4.49. The first kappa shape index (κ1) is 13.0. The van der Waals surface area contributed by atoms with Crippen LogP contribution in [-0.2, 0) is 7.05 Å². The number of rotatable bonds is 5. The Kier molecular flexibility index (Phi) is 4.51. The van der Waals surface area contributed by atoms with Gasteiger partial charge in [0.2, 0.25) is 0 Å². The molecule has 1 saturated carbocycles. The molecule has 1 aliphatic rings. The van der Waals surface area contributed by atoms with Gasteiger partial charge in [-0.15, -0.1) is 0 Å². The molecule has 0 bridgehead atoms. The van der Waals surface area contributed by atoms with E-state index in [0.29, 0.717) is 12.1 Å². The molecule has 96 valence electrons. The van der Waals surface area contributed by atoms with E-state index in [0.717, 1.165) is 5.25 Å². The van der Waals surface area contributed by atoms with Gasteiger partial charge in [0.25, 0.3) is 0 Å². The summed E-state index contributed by atoms with van der Waals surface area (Å²) in [6.07, 6.45) is 8.08. The van der Waals surface area contributed by atoms with E-state index < -0.39 is 0 Å². The van der Waals surface area contributed by atoms with Gasteiger partial charge in [0.15, 0.2) is 0 Å². The average molecular weight is 253 g/mol. The highest BCUT2D eigenvalue weighted by atomic mass is 32.2. The quantitative estimate of drug-likeness (QED) is 0.875. The first-order valence-corrected chi connectivity index (χ1v) is 7.60. The molecule has 0 aliphatic heterocycles. The topological polar surface area (TPSA) is 29.9 Å². The summed E-state index contributed by atoms with van der Waals surface area (Å²) >= 11 is 2.11. The zero-order valence-electron chi connectivity index (χ0n) is 11.0. The van der Waals surface area contributed by atoms with E-state index in [9.17, 15) is 0 Å². The Balaban J connectivity index is 1.82. The van der Waals surface area contributed by atoms with E-state index in [1.54, 1.807) is 0 Å². The third kappa shape index (κ3) is 3.49. The molecule has 4 heteroatoms. The first-order chi connectivity index (χ1) is 8.19. The lowest BCUT2D eigenvalue weighted by molar-refractivity contribution is 0.462. The maximum absolute atomic E-state index is 4.23. The van der Waals surface area contributed by atoms with Crippen molar-refractivity contribution in [2.24, 2.45) is 7.05 Å². The Hall–Kier alpha value is -0.480. The molecular weight excluding hydrogens is 230 g/mol. The standard InChI is InChI=1S/C13H23N3S/c1-4-17-13-6-5-12(7-13)15-10(2)11-8-14-16(3)9-11/h8-10,12-13,15H,4-7H2,1-3H3. The van der Waals surface area contributed by atoms with Crippen molar-refractivity contribution in [1.29, 1.82) is 0 Å². The van der Waals surface area contributed by atoms with Gasteiger partial charge in [-0.2, -0.15) is 16.9 Å². The van der Waals surface area contributed by atoms with E-state index in [1.807, 2.05) is 17.9 Å². The predicted molar refractivity (Wildman–Crippen MR) is 74.3 cm³/mol. The number of hydrogen-bond acceptors (Lipinski definition) is 3. The second-order valence-corrected chi connectivity index (χ2v) is 6.50. The van der Waals surface area contributed by atoms with Crippen molar-refractivity contribution >= 4 is 11.8 Å². The zero-order valence-corrected chi connectivity index (χ0v) is 11.8. The normalized spacial score (nSPS) is 26.3. The number of nitrogens with one attached hydrogen (secondary N) is 1. The Morgan fingerprint density at radius 2 is 2.41 bits per heavy atom. The van der Waals surface area contributed by atoms with Gasteiger partial charge < -0.3 is 5.32 Å². The van der Waals surface area contributed by atoms with Gasteiger partial charge in [0.05, 0.1) is 6.20 Å². The largest absolute Gasteiger partial charge is 0.307 e. The van der Waals surface area contributed by atoms with Crippen LogP contribution in [0, 0.1) is 0 Å². The van der Waals surface area contributed by atoms with Crippen molar-refractivity contribution < 1.29 is 0 Å². The summed E-state index contributed by atoms with van der Waals surface area (Å²) in [5.74, 6) is 1.25. The summed E-state index contributed by atoms with van der Waals surface area (Å²) in [5.41, 5.74) is 1.29. The fraction of sp³-hybridized carbons (Fsp3) is 0.769. The molecule has 2 rings (SSSR count). The van der Waals surface area contributed by atoms with E-state index >= 15 is 0 Å². The second kappa shape index (κ2) is 5.91. The van der Waals surface area contributed by atoms with E-state index in [1.165, 1.54) is 30.6 Å². The minimum Gasteiger partial charge on any atom is -0.307 e. The van der Waals surface area contributed by atoms with E-state index in [4.69, 9.17) is 0 Å². The van der Waals surface area contributed by atoms with Crippen LogP contribution in [0.15, 0.2) is 12.4 Å². The average Bonchev–Trinajstić information content (AvgIpc) is 2.88. The van der Waals surface area contributed by atoms with Crippen molar-refractivity contribution in [1.82, 2.24) is 15.1 Å². The third-order valence-electron chi connectivity index (χ3n) is 3.50. The zero-order chi connectivity index (χ0) is 12.3. The van der Waals surface area contributed by atoms with Crippen molar-refractivity contribution in [2.45, 2.75) is 50.4 Å². The van der Waals surface area contributed by atoms with Gasteiger partial charge in [0, 0.05) is 36.1 Å². The van der Waals surface area contributed by atoms with Crippen molar-refractivity contribution in [3.05, 3.63) is 18.0 Å². The minimum absolute atomic E-state index is 0.416. The van der Waals surface area contributed by atoms with Crippen LogP contribution in [0.4, 0.5) is 0 Å². The molecule has 0 amide bonds. The Morgan fingerprint density at radius 3 is 3.06 bits per heavy atom. The summed E-state index contributed by atoms with van der Waals surface area (Å²) in [6, 6.07) is 1.10. The van der Waals surface area contributed by atoms with Gasteiger partial charge in [-0.1, -0.05) is 6.92 Å². The number of aryl methyl sites for hydroxylation is 1. The second-order valence-electron chi connectivity index (χ2n) is 4.92. The maximum atomic E-state index is 4.23. The molecule has 1 heterocycles. The van der Waals surface area contributed by atoms with Gasteiger partial charge in [-0.3, -0.25) is 4.68 Å². The number of thioether (sulfide) groups is 1. The molecule has 0 spiro atoms. The van der Waals surface area contributed by atoms with Crippen molar-refractivity contribution in [3.63, 3.8) is 0 Å². The monoisotopic (exact) mass is 253 g/mol. The van der Waals surface area contributed by atoms with Crippen LogP contribution in [0.5, 0.6) is 0 Å². The predicted octanol–water partition coefficient (Wildman–Crippen LogP) is 2.74. The molecule has 0 aromatic carbocycles. The lowest BCUT2D eigenvalue weighted by atomic mass is 10.1. The molecule has 1 fully saturated rings. The van der Waals surface area contributed by atoms with Gasteiger partial charge in [-0.25, -0.2) is 0 Å². The molecule has 3 nitrogen and oxygen atoms in total. The third-order valence-corrected chi connectivity index (χ3v) is 4.73. The molecule has 1 aromatic heterocycles. The molecule has 0 saturated heterocycles. The van der Waals surface area contributed by atoms with Gasteiger partial charge in [0.1, 0.15) is 0 Å². The SMILES string of the molecule is CCSC1CCC(NC(C)c2cnn(C)c2)C1. The van der Waals surface area contributed by atoms with Crippen LogP contribution in [-0.4, -0.2) is 26.8 Å². The van der Waals surface area contributed by atoms with Crippen molar-refractivity contribution in [2.75, 3.05) is 5.75 Å². The molecule has 17 heavy (non-hydrogen) atoms. The van der Waals surface area contributed by atoms with Crippen molar-refractivity contribution in [3.8, 4) is 0 Å². The van der Waals surface area contributed by atoms with Crippen LogP contribution in [0.1, 0.15) is 44.7 Å². The molecule has 0 radical (unpaired) electrons. The number of nitrogens with zero attached hydrogens (tertiary/aromatic N) is 2. The van der Waals surface area contributed by atoms with Gasteiger partial charge >= 0.3 is 0 Å². The van der Waals surface area contributed by atoms with Crippen LogP contribution in [0.2, 0.25) is 0 Å². The molecule has 1 aliphatic carbocycles. The van der Waals surface area contributed by atoms with Gasteiger partial charge in [-0.05, 0) is 31.9 Å². The molecular formula is C13H23N3S. The lowest BCUT2D eigenvalue weighted by Crippen LogP contribution is -2.29. The van der Waals surface area contributed by atoms with Crippen LogP contribution in [0.3, 0.4) is 0 Å². The highest BCUT2D eigenvalue weighted by Gasteiger charge is 2.25. The fourth-order valence-corrected chi connectivity index (χ4v) is 3.73. The number of aromatic nitrogens is 2. The lowest BCUT2D eigenvalue weighted by Gasteiger charge is -2.18.